The zero-order valence-corrected chi connectivity index (χ0v) is 9.66. The molecule has 0 bridgehead atoms. The van der Waals surface area contributed by atoms with E-state index in [4.69, 9.17) is 16.7 Å². The maximum atomic E-state index is 12.9. The van der Waals surface area contributed by atoms with E-state index in [-0.39, 0.29) is 21.8 Å². The first-order valence-electron chi connectivity index (χ1n) is 4.90. The van der Waals surface area contributed by atoms with Crippen LogP contribution in [0, 0.1) is 5.82 Å². The van der Waals surface area contributed by atoms with Gasteiger partial charge in [-0.2, -0.15) is 0 Å². The Bertz CT molecular complexity index is 636. The van der Waals surface area contributed by atoms with Crippen molar-refractivity contribution in [1.82, 2.24) is 4.98 Å². The third-order valence-corrected chi connectivity index (χ3v) is 2.65. The standard InChI is InChI=1S/C12H7ClFNO3/c13-8-3-6(1-2-9(8)14)11(16)7-4-10(12(17)18)15-5-7/h1-5,15H,(H,17,18). The number of nitrogens with one attached hydrogen (secondary N) is 1. The van der Waals surface area contributed by atoms with Crippen LogP contribution in [0.15, 0.2) is 30.5 Å². The van der Waals surface area contributed by atoms with Crippen LogP contribution in [0.3, 0.4) is 0 Å². The zero-order valence-electron chi connectivity index (χ0n) is 8.91. The largest absolute Gasteiger partial charge is 0.477 e. The van der Waals surface area contributed by atoms with Crippen molar-refractivity contribution in [3.63, 3.8) is 0 Å². The molecular weight excluding hydrogens is 261 g/mol. The van der Waals surface area contributed by atoms with Gasteiger partial charge in [0, 0.05) is 17.3 Å². The fourth-order valence-corrected chi connectivity index (χ4v) is 1.63. The third-order valence-electron chi connectivity index (χ3n) is 2.36. The Morgan fingerprint density at radius 3 is 2.50 bits per heavy atom. The monoisotopic (exact) mass is 267 g/mol. The van der Waals surface area contributed by atoms with Crippen LogP contribution in [0.1, 0.15) is 26.4 Å². The van der Waals surface area contributed by atoms with Crippen LogP contribution < -0.4 is 0 Å². The number of carboxylic acids is 1. The molecule has 0 aliphatic heterocycles. The Morgan fingerprint density at radius 2 is 1.94 bits per heavy atom. The lowest BCUT2D eigenvalue weighted by Crippen LogP contribution is -2.00. The minimum absolute atomic E-state index is 0.0911. The van der Waals surface area contributed by atoms with E-state index in [0.717, 1.165) is 6.07 Å². The summed E-state index contributed by atoms with van der Waals surface area (Å²) in [5.74, 6) is -2.21. The minimum atomic E-state index is -1.16. The van der Waals surface area contributed by atoms with Crippen LogP contribution in [-0.2, 0) is 0 Å². The van der Waals surface area contributed by atoms with Crippen molar-refractivity contribution in [3.8, 4) is 0 Å². The van der Waals surface area contributed by atoms with Gasteiger partial charge >= 0.3 is 5.97 Å². The van der Waals surface area contributed by atoms with Crippen LogP contribution in [0.5, 0.6) is 0 Å². The number of rotatable bonds is 3. The second-order valence-electron chi connectivity index (χ2n) is 3.57. The van der Waals surface area contributed by atoms with Crippen LogP contribution >= 0.6 is 11.6 Å². The molecule has 0 saturated carbocycles. The highest BCUT2D eigenvalue weighted by atomic mass is 35.5. The van der Waals surface area contributed by atoms with E-state index in [1.807, 2.05) is 0 Å². The van der Waals surface area contributed by atoms with Gasteiger partial charge in [-0.15, -0.1) is 0 Å². The van der Waals surface area contributed by atoms with Crippen LogP contribution in [0.2, 0.25) is 5.02 Å². The van der Waals surface area contributed by atoms with E-state index >= 15 is 0 Å². The lowest BCUT2D eigenvalue weighted by atomic mass is 10.1. The van der Waals surface area contributed by atoms with Crippen molar-refractivity contribution in [3.05, 3.63) is 58.1 Å². The van der Waals surface area contributed by atoms with Crippen molar-refractivity contribution in [2.24, 2.45) is 0 Å². The molecule has 1 aromatic heterocycles. The average molecular weight is 268 g/mol. The number of carbonyl (C=O) groups excluding carboxylic acids is 1. The topological polar surface area (TPSA) is 70.2 Å². The molecule has 92 valence electrons. The summed E-state index contributed by atoms with van der Waals surface area (Å²) in [6, 6.07) is 4.78. The van der Waals surface area contributed by atoms with E-state index < -0.39 is 17.6 Å². The molecule has 0 unspecified atom stereocenters. The van der Waals surface area contributed by atoms with E-state index in [2.05, 4.69) is 4.98 Å². The fourth-order valence-electron chi connectivity index (χ4n) is 1.45. The summed E-state index contributed by atoms with van der Waals surface area (Å²) in [5.41, 5.74) is 0.277. The predicted octanol–water partition coefficient (Wildman–Crippen LogP) is 2.74. The summed E-state index contributed by atoms with van der Waals surface area (Å²) in [4.78, 5) is 25.1. The lowest BCUT2D eigenvalue weighted by molar-refractivity contribution is 0.0691. The number of ketones is 1. The summed E-state index contributed by atoms with van der Waals surface area (Å²) in [6.45, 7) is 0. The van der Waals surface area contributed by atoms with Crippen LogP contribution in [0.4, 0.5) is 4.39 Å². The molecule has 0 aliphatic rings. The van der Waals surface area contributed by atoms with Crippen molar-refractivity contribution in [1.29, 1.82) is 0 Å². The van der Waals surface area contributed by atoms with Crippen molar-refractivity contribution in [2.75, 3.05) is 0 Å². The van der Waals surface area contributed by atoms with Gasteiger partial charge in [-0.05, 0) is 24.3 Å². The molecule has 0 fully saturated rings. The van der Waals surface area contributed by atoms with Crippen molar-refractivity contribution in [2.45, 2.75) is 0 Å². The SMILES string of the molecule is O=C(c1c[nH]c(C(=O)O)c1)c1ccc(F)c(Cl)c1. The summed E-state index contributed by atoms with van der Waals surface area (Å²) in [6.07, 6.45) is 1.28. The first-order valence-corrected chi connectivity index (χ1v) is 5.28. The second-order valence-corrected chi connectivity index (χ2v) is 3.97. The zero-order chi connectivity index (χ0) is 13.3. The molecule has 4 nitrogen and oxygen atoms in total. The molecule has 2 aromatic rings. The van der Waals surface area contributed by atoms with E-state index in [1.54, 1.807) is 0 Å². The van der Waals surface area contributed by atoms with E-state index in [0.29, 0.717) is 0 Å². The number of H-pyrrole nitrogens is 1. The normalized spacial score (nSPS) is 10.3. The molecule has 18 heavy (non-hydrogen) atoms. The Morgan fingerprint density at radius 1 is 1.22 bits per heavy atom. The highest BCUT2D eigenvalue weighted by Gasteiger charge is 2.15. The third kappa shape index (κ3) is 2.26. The molecule has 6 heteroatoms. The number of benzene rings is 1. The number of aromatic amines is 1. The molecule has 0 amide bonds. The first-order chi connectivity index (χ1) is 8.49. The average Bonchev–Trinajstić information content (AvgIpc) is 2.81. The minimum Gasteiger partial charge on any atom is -0.477 e. The Kier molecular flexibility index (Phi) is 3.16. The van der Waals surface area contributed by atoms with Gasteiger partial charge in [-0.25, -0.2) is 9.18 Å². The van der Waals surface area contributed by atoms with Gasteiger partial charge in [0.15, 0.2) is 5.78 Å². The van der Waals surface area contributed by atoms with Gasteiger partial charge in [0.2, 0.25) is 0 Å². The first kappa shape index (κ1) is 12.3. The highest BCUT2D eigenvalue weighted by Crippen LogP contribution is 2.19. The molecule has 0 saturated heterocycles. The molecule has 0 spiro atoms. The quantitative estimate of drug-likeness (QED) is 0.840. The predicted molar refractivity (Wildman–Crippen MR) is 62.6 cm³/mol. The summed E-state index contributed by atoms with van der Waals surface area (Å²) < 4.78 is 12.9. The molecular formula is C12H7ClFNO3. The number of aromatic carboxylic acids is 1. The maximum absolute atomic E-state index is 12.9. The van der Waals surface area contributed by atoms with Crippen LogP contribution in [-0.4, -0.2) is 21.8 Å². The van der Waals surface area contributed by atoms with E-state index in [1.165, 1.54) is 24.4 Å². The van der Waals surface area contributed by atoms with Gasteiger partial charge < -0.3 is 10.1 Å². The number of carboxylic acid groups (broad SMARTS) is 1. The van der Waals surface area contributed by atoms with Gasteiger partial charge in [0.1, 0.15) is 11.5 Å². The fraction of sp³-hybridized carbons (Fsp3) is 0. The summed E-state index contributed by atoms with van der Waals surface area (Å²) >= 11 is 5.57. The maximum Gasteiger partial charge on any atom is 0.352 e. The van der Waals surface area contributed by atoms with Gasteiger partial charge in [-0.1, -0.05) is 11.6 Å². The Hall–Kier alpha value is -2.14. The molecule has 2 rings (SSSR count). The summed E-state index contributed by atoms with van der Waals surface area (Å²) in [5, 5.41) is 8.56. The molecule has 1 heterocycles. The van der Waals surface area contributed by atoms with Crippen molar-refractivity contribution < 1.29 is 19.1 Å². The van der Waals surface area contributed by atoms with Crippen molar-refractivity contribution >= 4 is 23.4 Å². The molecule has 2 N–H and O–H groups in total. The number of halogens is 2. The highest BCUT2D eigenvalue weighted by molar-refractivity contribution is 6.31. The molecule has 0 radical (unpaired) electrons. The van der Waals surface area contributed by atoms with Gasteiger partial charge in [-0.3, -0.25) is 4.79 Å². The number of hydrogen-bond donors (Lipinski definition) is 2. The molecule has 1 aromatic carbocycles. The van der Waals surface area contributed by atoms with E-state index in [9.17, 15) is 14.0 Å². The van der Waals surface area contributed by atoms with Gasteiger partial charge in [0.25, 0.3) is 0 Å². The smallest absolute Gasteiger partial charge is 0.352 e. The molecule has 0 aliphatic carbocycles. The number of hydrogen-bond acceptors (Lipinski definition) is 2. The second kappa shape index (κ2) is 4.62. The lowest BCUT2D eigenvalue weighted by Gasteiger charge is -1.99. The molecule has 0 atom stereocenters. The number of carbonyl (C=O) groups is 2. The van der Waals surface area contributed by atoms with Gasteiger partial charge in [0.05, 0.1) is 5.02 Å². The Balaban J connectivity index is 2.35. The van der Waals surface area contributed by atoms with Crippen LogP contribution in [0.25, 0.3) is 0 Å². The summed E-state index contributed by atoms with van der Waals surface area (Å²) in [7, 11) is 0. The Labute approximate surface area is 106 Å². The number of aromatic nitrogens is 1.